The normalized spacial score (nSPS) is 12.7. The quantitative estimate of drug-likeness (QED) is 0.641. The fourth-order valence-electron chi connectivity index (χ4n) is 1.25. The van der Waals surface area contributed by atoms with Crippen molar-refractivity contribution in [3.05, 3.63) is 18.0 Å². The Hall–Kier alpha value is -1.32. The summed E-state index contributed by atoms with van der Waals surface area (Å²) in [5.74, 6) is 0. The van der Waals surface area contributed by atoms with Crippen molar-refractivity contribution in [2.45, 2.75) is 26.3 Å². The first-order chi connectivity index (χ1) is 6.38. The van der Waals surface area contributed by atoms with Gasteiger partial charge in [0.2, 0.25) is 0 Å². The first-order valence-electron chi connectivity index (χ1n) is 4.44. The second-order valence-corrected chi connectivity index (χ2v) is 2.70. The maximum Gasteiger partial charge on any atom is 0.293 e. The van der Waals surface area contributed by atoms with Crippen LogP contribution in [-0.4, -0.2) is 22.9 Å². The maximum absolute atomic E-state index is 9.18. The molecule has 0 saturated carbocycles. The van der Waals surface area contributed by atoms with E-state index in [4.69, 9.17) is 0 Å². The van der Waals surface area contributed by atoms with E-state index in [-0.39, 0.29) is 0 Å². The van der Waals surface area contributed by atoms with Gasteiger partial charge < -0.3 is 4.74 Å². The van der Waals surface area contributed by atoms with E-state index in [0.29, 0.717) is 13.1 Å². The van der Waals surface area contributed by atoms with Gasteiger partial charge in [0.15, 0.2) is 0 Å². The fourth-order valence-corrected chi connectivity index (χ4v) is 1.25. The molecule has 2 heterocycles. The molecule has 0 saturated heterocycles. The number of aryl methyl sites for hydroxylation is 2. The molecule has 1 aromatic heterocycles. The molecule has 0 aliphatic carbocycles. The van der Waals surface area contributed by atoms with Crippen LogP contribution in [0.4, 0.5) is 0 Å². The number of carbonyl (C=O) groups is 1. The summed E-state index contributed by atoms with van der Waals surface area (Å²) in [6.45, 7) is 3.79. The summed E-state index contributed by atoms with van der Waals surface area (Å²) < 4.78 is 6.22. The topological polar surface area (TPSA) is 44.1 Å². The molecule has 1 aliphatic heterocycles. The standard InChI is InChI=1S/C6H8N2.C3H6O2/c1-2-6-3-4-7-8(6)5-1;1-2-5-3-4/h3-4H,1-2,5H2;3H,2H2,1H3. The van der Waals surface area contributed by atoms with Crippen molar-refractivity contribution in [3.63, 3.8) is 0 Å². The molecule has 4 heteroatoms. The molecular formula is C9H14N2O2. The highest BCUT2D eigenvalue weighted by atomic mass is 16.5. The van der Waals surface area contributed by atoms with Gasteiger partial charge in [-0.2, -0.15) is 5.10 Å². The fraction of sp³-hybridized carbons (Fsp3) is 0.556. The summed E-state index contributed by atoms with van der Waals surface area (Å²) in [7, 11) is 0. The van der Waals surface area contributed by atoms with E-state index in [1.165, 1.54) is 18.5 Å². The van der Waals surface area contributed by atoms with E-state index in [9.17, 15) is 4.79 Å². The lowest BCUT2D eigenvalue weighted by atomic mass is 10.3. The van der Waals surface area contributed by atoms with Crippen LogP contribution in [0.25, 0.3) is 0 Å². The van der Waals surface area contributed by atoms with Crippen molar-refractivity contribution in [3.8, 4) is 0 Å². The van der Waals surface area contributed by atoms with Gasteiger partial charge in [-0.15, -0.1) is 0 Å². The first-order valence-corrected chi connectivity index (χ1v) is 4.44. The molecule has 72 valence electrons. The molecule has 2 rings (SSSR count). The highest BCUT2D eigenvalue weighted by Gasteiger charge is 2.07. The molecule has 0 aromatic carbocycles. The third-order valence-electron chi connectivity index (χ3n) is 1.84. The molecule has 0 bridgehead atoms. The number of carbonyl (C=O) groups excluding carboxylic acids is 1. The minimum atomic E-state index is 0.431. The van der Waals surface area contributed by atoms with Crippen molar-refractivity contribution >= 4 is 6.47 Å². The average molecular weight is 182 g/mol. The zero-order valence-electron chi connectivity index (χ0n) is 7.77. The highest BCUT2D eigenvalue weighted by Crippen LogP contribution is 2.10. The molecule has 1 aromatic rings. The van der Waals surface area contributed by atoms with E-state index >= 15 is 0 Å². The summed E-state index contributed by atoms with van der Waals surface area (Å²) in [5.41, 5.74) is 1.39. The number of hydrogen-bond acceptors (Lipinski definition) is 3. The minimum absolute atomic E-state index is 0.431. The maximum atomic E-state index is 9.18. The lowest BCUT2D eigenvalue weighted by molar-refractivity contribution is -0.128. The Balaban J connectivity index is 0.000000149. The summed E-state index contributed by atoms with van der Waals surface area (Å²) in [6.07, 6.45) is 4.37. The number of aromatic nitrogens is 2. The number of hydrogen-bond donors (Lipinski definition) is 0. The number of ether oxygens (including phenoxy) is 1. The van der Waals surface area contributed by atoms with Crippen LogP contribution in [0.5, 0.6) is 0 Å². The predicted molar refractivity (Wildman–Crippen MR) is 48.2 cm³/mol. The summed E-state index contributed by atoms with van der Waals surface area (Å²) in [6, 6.07) is 2.09. The molecule has 13 heavy (non-hydrogen) atoms. The molecule has 0 radical (unpaired) electrons. The van der Waals surface area contributed by atoms with Crippen molar-refractivity contribution < 1.29 is 9.53 Å². The van der Waals surface area contributed by atoms with Crippen LogP contribution in [0.2, 0.25) is 0 Å². The Labute approximate surface area is 77.5 Å². The Morgan fingerprint density at radius 1 is 1.77 bits per heavy atom. The third-order valence-corrected chi connectivity index (χ3v) is 1.84. The van der Waals surface area contributed by atoms with E-state index in [1.54, 1.807) is 6.92 Å². The molecule has 0 spiro atoms. The van der Waals surface area contributed by atoms with Crippen molar-refractivity contribution in [2.24, 2.45) is 0 Å². The Bertz CT molecular complexity index is 239. The van der Waals surface area contributed by atoms with Crippen LogP contribution in [0, 0.1) is 0 Å². The van der Waals surface area contributed by atoms with E-state index < -0.39 is 0 Å². The van der Waals surface area contributed by atoms with E-state index in [1.807, 2.05) is 6.20 Å². The van der Waals surface area contributed by atoms with Gasteiger partial charge in [-0.3, -0.25) is 9.48 Å². The molecule has 0 N–H and O–H groups in total. The van der Waals surface area contributed by atoms with E-state index in [0.717, 1.165) is 6.54 Å². The van der Waals surface area contributed by atoms with Crippen LogP contribution in [0.15, 0.2) is 12.3 Å². The summed E-state index contributed by atoms with van der Waals surface area (Å²) in [5, 5.41) is 4.11. The zero-order valence-corrected chi connectivity index (χ0v) is 7.77. The summed E-state index contributed by atoms with van der Waals surface area (Å²) >= 11 is 0. The summed E-state index contributed by atoms with van der Waals surface area (Å²) in [4.78, 5) is 9.18. The van der Waals surface area contributed by atoms with Crippen LogP contribution in [-0.2, 0) is 22.5 Å². The van der Waals surface area contributed by atoms with Gasteiger partial charge in [0.1, 0.15) is 0 Å². The van der Waals surface area contributed by atoms with Gasteiger partial charge in [0, 0.05) is 18.4 Å². The number of nitrogens with zero attached hydrogens (tertiary/aromatic N) is 2. The molecule has 4 nitrogen and oxygen atoms in total. The van der Waals surface area contributed by atoms with Crippen LogP contribution >= 0.6 is 0 Å². The van der Waals surface area contributed by atoms with Gasteiger partial charge in [0.25, 0.3) is 6.47 Å². The molecule has 1 aliphatic rings. The second kappa shape index (κ2) is 5.35. The number of fused-ring (bicyclic) bond motifs is 1. The molecule has 0 unspecified atom stereocenters. The highest BCUT2D eigenvalue weighted by molar-refractivity contribution is 5.36. The van der Waals surface area contributed by atoms with Gasteiger partial charge in [-0.05, 0) is 25.8 Å². The van der Waals surface area contributed by atoms with Crippen molar-refractivity contribution in [1.29, 1.82) is 0 Å². The largest absolute Gasteiger partial charge is 0.468 e. The van der Waals surface area contributed by atoms with Gasteiger partial charge in [0.05, 0.1) is 6.61 Å². The lowest BCUT2D eigenvalue weighted by Gasteiger charge is -1.87. The molecule has 0 fully saturated rings. The van der Waals surface area contributed by atoms with E-state index in [2.05, 4.69) is 20.6 Å². The Morgan fingerprint density at radius 3 is 3.15 bits per heavy atom. The van der Waals surface area contributed by atoms with Crippen LogP contribution in [0.1, 0.15) is 19.0 Å². The molecule has 0 amide bonds. The van der Waals surface area contributed by atoms with Crippen LogP contribution < -0.4 is 0 Å². The zero-order chi connectivity index (χ0) is 9.52. The van der Waals surface area contributed by atoms with Crippen LogP contribution in [0.3, 0.4) is 0 Å². The SMILES string of the molecule is CCOC=O.c1cc2n(n1)CCC2. The van der Waals surface area contributed by atoms with Gasteiger partial charge in [-0.25, -0.2) is 0 Å². The third kappa shape index (κ3) is 2.89. The monoisotopic (exact) mass is 182 g/mol. The second-order valence-electron chi connectivity index (χ2n) is 2.70. The van der Waals surface area contributed by atoms with Crippen molar-refractivity contribution in [2.75, 3.05) is 6.61 Å². The lowest BCUT2D eigenvalue weighted by Crippen LogP contribution is -1.92. The van der Waals surface area contributed by atoms with Gasteiger partial charge >= 0.3 is 0 Å². The number of rotatable bonds is 2. The smallest absolute Gasteiger partial charge is 0.293 e. The Morgan fingerprint density at radius 2 is 2.62 bits per heavy atom. The Kier molecular flexibility index (Phi) is 4.02. The first kappa shape index (κ1) is 9.77. The molecular weight excluding hydrogens is 168 g/mol. The average Bonchev–Trinajstić information content (AvgIpc) is 2.66. The minimum Gasteiger partial charge on any atom is -0.468 e. The van der Waals surface area contributed by atoms with Crippen molar-refractivity contribution in [1.82, 2.24) is 9.78 Å². The predicted octanol–water partition coefficient (Wildman–Crippen LogP) is 1.01. The van der Waals surface area contributed by atoms with Gasteiger partial charge in [-0.1, -0.05) is 0 Å². The molecule has 0 atom stereocenters.